The van der Waals surface area contributed by atoms with Gasteiger partial charge in [-0.05, 0) is 18.2 Å². The maximum absolute atomic E-state index is 5.55. The second-order valence-corrected chi connectivity index (χ2v) is 4.15. The van der Waals surface area contributed by atoms with Crippen LogP contribution in [0.2, 0.25) is 0 Å². The fraction of sp³-hybridized carbons (Fsp3) is 0.583. The van der Waals surface area contributed by atoms with Crippen LogP contribution in [0, 0.1) is 0 Å². The van der Waals surface area contributed by atoms with Crippen molar-refractivity contribution in [2.45, 2.75) is 13.2 Å². The van der Waals surface area contributed by atoms with Gasteiger partial charge in [0.15, 0.2) is 0 Å². The predicted molar refractivity (Wildman–Crippen MR) is 68.0 cm³/mol. The topological polar surface area (TPSA) is 19.4 Å². The van der Waals surface area contributed by atoms with E-state index >= 15 is 0 Å². The first-order valence-corrected chi connectivity index (χ1v) is 5.95. The molecule has 0 aromatic carbocycles. The quantitative estimate of drug-likeness (QED) is 0.698. The molecule has 1 aromatic heterocycles. The fourth-order valence-corrected chi connectivity index (χ4v) is 2.02. The molecule has 1 aliphatic rings. The highest BCUT2D eigenvalue weighted by Gasteiger charge is 2.16. The van der Waals surface area contributed by atoms with Gasteiger partial charge >= 0.3 is 0 Å². The fourth-order valence-electron chi connectivity index (χ4n) is 2.02. The second kappa shape index (κ2) is 5.35. The molecule has 0 spiro atoms. The average Bonchev–Trinajstić information content (AvgIpc) is 2.39. The van der Waals surface area contributed by atoms with Crippen molar-refractivity contribution in [3.05, 3.63) is 23.9 Å². The van der Waals surface area contributed by atoms with E-state index in [0.717, 1.165) is 44.1 Å². The Balaban J connectivity index is 1.97. The first kappa shape index (κ1) is 11.5. The Hall–Kier alpha value is -1.03. The van der Waals surface area contributed by atoms with E-state index < -0.39 is 0 Å². The number of hydrogen-bond acceptors (Lipinski definition) is 3. The van der Waals surface area contributed by atoms with Gasteiger partial charge in [-0.15, -0.1) is 0 Å². The minimum atomic E-state index is 0.566. The Morgan fingerprint density at radius 2 is 2.00 bits per heavy atom. The summed E-state index contributed by atoms with van der Waals surface area (Å²) in [5, 5.41) is 0. The third kappa shape index (κ3) is 2.56. The molecular weight excluding hydrogens is 197 g/mol. The van der Waals surface area contributed by atoms with E-state index in [-0.39, 0.29) is 0 Å². The highest BCUT2D eigenvalue weighted by Crippen LogP contribution is 2.13. The van der Waals surface area contributed by atoms with Crippen molar-refractivity contribution in [3.8, 4) is 0 Å². The van der Waals surface area contributed by atoms with Crippen LogP contribution in [0.5, 0.6) is 0 Å². The second-order valence-electron chi connectivity index (χ2n) is 4.15. The standard InChI is InChI=1S/C12H18BN3/c1-2-15-5-7-16(8-6-15)12-4-3-11(9-13)10-14-12/h3-4,10H,2,5-9H2,1H3. The zero-order valence-corrected chi connectivity index (χ0v) is 9.89. The van der Waals surface area contributed by atoms with Gasteiger partial charge in [-0.2, -0.15) is 0 Å². The number of pyridine rings is 1. The maximum Gasteiger partial charge on any atom is 0.128 e. The minimum Gasteiger partial charge on any atom is -0.354 e. The molecule has 16 heavy (non-hydrogen) atoms. The van der Waals surface area contributed by atoms with Gasteiger partial charge in [0.05, 0.1) is 7.85 Å². The number of anilines is 1. The maximum atomic E-state index is 5.55. The summed E-state index contributed by atoms with van der Waals surface area (Å²) >= 11 is 0. The summed E-state index contributed by atoms with van der Waals surface area (Å²) in [5.41, 5.74) is 1.09. The van der Waals surface area contributed by atoms with Gasteiger partial charge in [0.2, 0.25) is 0 Å². The Bertz CT molecular complexity index is 318. The average molecular weight is 215 g/mol. The van der Waals surface area contributed by atoms with Crippen molar-refractivity contribution < 1.29 is 0 Å². The first-order chi connectivity index (χ1) is 7.83. The molecule has 1 saturated heterocycles. The summed E-state index contributed by atoms with van der Waals surface area (Å²) in [6.07, 6.45) is 2.44. The molecule has 0 saturated carbocycles. The van der Waals surface area contributed by atoms with E-state index in [4.69, 9.17) is 7.85 Å². The molecule has 0 aliphatic carbocycles. The van der Waals surface area contributed by atoms with Crippen LogP contribution in [0.3, 0.4) is 0 Å². The smallest absolute Gasteiger partial charge is 0.128 e. The number of nitrogens with zero attached hydrogens (tertiary/aromatic N) is 3. The van der Waals surface area contributed by atoms with Gasteiger partial charge in [-0.1, -0.05) is 19.3 Å². The van der Waals surface area contributed by atoms with Gasteiger partial charge in [0.1, 0.15) is 5.82 Å². The van der Waals surface area contributed by atoms with Gasteiger partial charge in [-0.25, -0.2) is 4.98 Å². The van der Waals surface area contributed by atoms with E-state index in [1.165, 1.54) is 0 Å². The highest BCUT2D eigenvalue weighted by atomic mass is 15.3. The molecule has 0 unspecified atom stereocenters. The molecule has 0 N–H and O–H groups in total. The molecule has 1 aliphatic heterocycles. The van der Waals surface area contributed by atoms with Crippen LogP contribution < -0.4 is 4.90 Å². The largest absolute Gasteiger partial charge is 0.354 e. The lowest BCUT2D eigenvalue weighted by Gasteiger charge is -2.34. The third-order valence-electron chi connectivity index (χ3n) is 3.19. The molecule has 0 atom stereocenters. The molecule has 1 fully saturated rings. The van der Waals surface area contributed by atoms with E-state index in [2.05, 4.69) is 33.8 Å². The van der Waals surface area contributed by atoms with E-state index in [9.17, 15) is 0 Å². The molecule has 3 nitrogen and oxygen atoms in total. The number of aromatic nitrogens is 1. The lowest BCUT2D eigenvalue weighted by molar-refractivity contribution is 0.270. The van der Waals surface area contributed by atoms with Crippen molar-refractivity contribution in [1.82, 2.24) is 9.88 Å². The molecule has 0 amide bonds. The van der Waals surface area contributed by atoms with Gasteiger partial charge in [-0.3, -0.25) is 0 Å². The normalized spacial score (nSPS) is 17.7. The van der Waals surface area contributed by atoms with Gasteiger partial charge in [0, 0.05) is 32.4 Å². The van der Waals surface area contributed by atoms with Crippen LogP contribution in [-0.4, -0.2) is 50.5 Å². The summed E-state index contributed by atoms with van der Waals surface area (Å²) in [7, 11) is 5.55. The zero-order chi connectivity index (χ0) is 11.4. The molecule has 2 rings (SSSR count). The zero-order valence-electron chi connectivity index (χ0n) is 9.89. The molecule has 4 heteroatoms. The summed E-state index contributed by atoms with van der Waals surface area (Å²) in [5.74, 6) is 1.08. The number of rotatable bonds is 3. The lowest BCUT2D eigenvalue weighted by Crippen LogP contribution is -2.46. The number of hydrogen-bond donors (Lipinski definition) is 0. The Morgan fingerprint density at radius 3 is 2.50 bits per heavy atom. The molecule has 1 aromatic rings. The van der Waals surface area contributed by atoms with Crippen molar-refractivity contribution >= 4 is 13.7 Å². The first-order valence-electron chi connectivity index (χ1n) is 5.95. The Kier molecular flexibility index (Phi) is 3.83. The Labute approximate surface area is 98.9 Å². The van der Waals surface area contributed by atoms with Gasteiger partial charge in [0.25, 0.3) is 0 Å². The van der Waals surface area contributed by atoms with E-state index in [1.807, 2.05) is 6.20 Å². The summed E-state index contributed by atoms with van der Waals surface area (Å²) < 4.78 is 0. The molecular formula is C12H18BN3. The van der Waals surface area contributed by atoms with Crippen LogP contribution in [0.4, 0.5) is 5.82 Å². The summed E-state index contributed by atoms with van der Waals surface area (Å²) in [6, 6.07) is 4.14. The highest BCUT2D eigenvalue weighted by molar-refractivity contribution is 6.08. The van der Waals surface area contributed by atoms with E-state index in [1.54, 1.807) is 0 Å². The Morgan fingerprint density at radius 1 is 1.25 bits per heavy atom. The number of piperazine rings is 1. The van der Waals surface area contributed by atoms with Crippen LogP contribution >= 0.6 is 0 Å². The SMILES string of the molecule is [B]Cc1ccc(N2CCN(CC)CC2)nc1. The summed E-state index contributed by atoms with van der Waals surface area (Å²) in [6.45, 7) is 7.77. The van der Waals surface area contributed by atoms with Crippen molar-refractivity contribution in [2.75, 3.05) is 37.6 Å². The molecule has 0 bridgehead atoms. The predicted octanol–water partition coefficient (Wildman–Crippen LogP) is 0.892. The summed E-state index contributed by atoms with van der Waals surface area (Å²) in [4.78, 5) is 9.25. The lowest BCUT2D eigenvalue weighted by atomic mass is 9.99. The molecule has 2 heterocycles. The van der Waals surface area contributed by atoms with Crippen LogP contribution in [0.1, 0.15) is 12.5 Å². The van der Waals surface area contributed by atoms with Crippen molar-refractivity contribution in [1.29, 1.82) is 0 Å². The van der Waals surface area contributed by atoms with Crippen LogP contribution in [0.15, 0.2) is 18.3 Å². The van der Waals surface area contributed by atoms with Crippen molar-refractivity contribution in [3.63, 3.8) is 0 Å². The monoisotopic (exact) mass is 215 g/mol. The van der Waals surface area contributed by atoms with Crippen LogP contribution in [0.25, 0.3) is 0 Å². The third-order valence-corrected chi connectivity index (χ3v) is 3.19. The minimum absolute atomic E-state index is 0.566. The van der Waals surface area contributed by atoms with Crippen LogP contribution in [-0.2, 0) is 6.32 Å². The van der Waals surface area contributed by atoms with E-state index in [0.29, 0.717) is 6.32 Å². The number of likely N-dealkylation sites (N-methyl/N-ethyl adjacent to an activating group) is 1. The molecule has 2 radical (unpaired) electrons. The van der Waals surface area contributed by atoms with Crippen molar-refractivity contribution in [2.24, 2.45) is 0 Å². The molecule has 84 valence electrons. The van der Waals surface area contributed by atoms with Gasteiger partial charge < -0.3 is 9.80 Å².